The van der Waals surface area contributed by atoms with E-state index in [0.717, 1.165) is 18.0 Å². The molecule has 2 heterocycles. The van der Waals surface area contributed by atoms with Crippen molar-refractivity contribution < 1.29 is 4.79 Å². The van der Waals surface area contributed by atoms with E-state index in [1.807, 2.05) is 5.38 Å². The highest BCUT2D eigenvalue weighted by Crippen LogP contribution is 2.20. The fourth-order valence-corrected chi connectivity index (χ4v) is 2.32. The number of rotatable bonds is 6. The smallest absolute Gasteiger partial charge is 0.253 e. The first kappa shape index (κ1) is 14.7. The van der Waals surface area contributed by atoms with Crippen LogP contribution in [0.3, 0.4) is 0 Å². The van der Waals surface area contributed by atoms with Gasteiger partial charge in [-0.2, -0.15) is 0 Å². The predicted molar refractivity (Wildman–Crippen MR) is 81.3 cm³/mol. The Balaban J connectivity index is 1.97. The second-order valence-electron chi connectivity index (χ2n) is 4.09. The summed E-state index contributed by atoms with van der Waals surface area (Å²) in [6, 6.07) is 1.61. The average molecular weight is 311 g/mol. The van der Waals surface area contributed by atoms with E-state index < -0.39 is 0 Å². The lowest BCUT2D eigenvalue weighted by Gasteiger charge is -2.08. The molecule has 0 saturated heterocycles. The number of anilines is 1. The number of amides is 1. The van der Waals surface area contributed by atoms with Crippen molar-refractivity contribution in [1.29, 1.82) is 0 Å². The van der Waals surface area contributed by atoms with Crippen molar-refractivity contribution in [2.45, 2.75) is 19.9 Å². The summed E-state index contributed by atoms with van der Waals surface area (Å²) in [4.78, 5) is 20.2. The molecule has 2 N–H and O–H groups in total. The van der Waals surface area contributed by atoms with Crippen LogP contribution in [0.25, 0.3) is 0 Å². The summed E-state index contributed by atoms with van der Waals surface area (Å²) in [6.07, 6.45) is 4.20. The van der Waals surface area contributed by atoms with Crippen LogP contribution < -0.4 is 10.6 Å². The highest BCUT2D eigenvalue weighted by molar-refractivity contribution is 7.09. The molecule has 1 amide bonds. The van der Waals surface area contributed by atoms with Crippen molar-refractivity contribution in [2.75, 3.05) is 11.9 Å². The maximum atomic E-state index is 12.0. The first-order valence-electron chi connectivity index (χ1n) is 6.26. The van der Waals surface area contributed by atoms with E-state index in [4.69, 9.17) is 11.6 Å². The monoisotopic (exact) mass is 310 g/mol. The molecule has 0 aromatic carbocycles. The zero-order chi connectivity index (χ0) is 14.4. The molecule has 0 bridgehead atoms. The van der Waals surface area contributed by atoms with Crippen LogP contribution in [0.4, 0.5) is 5.82 Å². The summed E-state index contributed by atoms with van der Waals surface area (Å²) in [5.41, 5.74) is 0.439. The number of nitrogens with one attached hydrogen (secondary N) is 2. The first-order valence-corrected chi connectivity index (χ1v) is 7.52. The number of pyridine rings is 1. The minimum atomic E-state index is -0.211. The largest absolute Gasteiger partial charge is 0.369 e. The Labute approximate surface area is 126 Å². The third-order valence-corrected chi connectivity index (χ3v) is 3.60. The summed E-state index contributed by atoms with van der Waals surface area (Å²) in [7, 11) is 0. The van der Waals surface area contributed by atoms with Gasteiger partial charge < -0.3 is 10.6 Å². The second-order valence-corrected chi connectivity index (χ2v) is 5.48. The first-order chi connectivity index (χ1) is 9.70. The van der Waals surface area contributed by atoms with Crippen LogP contribution in [0.15, 0.2) is 23.8 Å². The van der Waals surface area contributed by atoms with Gasteiger partial charge in [0.1, 0.15) is 10.8 Å². The van der Waals surface area contributed by atoms with Gasteiger partial charge in [-0.15, -0.1) is 11.3 Å². The van der Waals surface area contributed by atoms with Crippen molar-refractivity contribution in [2.24, 2.45) is 0 Å². The average Bonchev–Trinajstić information content (AvgIpc) is 2.96. The number of hydrogen-bond donors (Lipinski definition) is 2. The lowest BCUT2D eigenvalue weighted by molar-refractivity contribution is 0.0950. The topological polar surface area (TPSA) is 66.9 Å². The zero-order valence-corrected chi connectivity index (χ0v) is 12.6. The van der Waals surface area contributed by atoms with Crippen molar-refractivity contribution >= 4 is 34.7 Å². The summed E-state index contributed by atoms with van der Waals surface area (Å²) in [5.74, 6) is 0.390. The quantitative estimate of drug-likeness (QED) is 0.861. The molecule has 0 unspecified atom stereocenters. The number of nitrogens with zero attached hydrogens (tertiary/aromatic N) is 2. The number of aromatic nitrogens is 2. The summed E-state index contributed by atoms with van der Waals surface area (Å²) < 4.78 is 0. The number of halogens is 1. The lowest BCUT2D eigenvalue weighted by atomic mass is 10.2. The summed E-state index contributed by atoms with van der Waals surface area (Å²) in [5, 5.41) is 9.05. The number of thiazole rings is 1. The Morgan fingerprint density at radius 2 is 2.30 bits per heavy atom. The molecule has 0 saturated carbocycles. The highest BCUT2D eigenvalue weighted by atomic mass is 35.5. The molecule has 0 aliphatic heterocycles. The van der Waals surface area contributed by atoms with Crippen LogP contribution in [0, 0.1) is 0 Å². The predicted octanol–water partition coefficient (Wildman–Crippen LogP) is 2.94. The molecular weight excluding hydrogens is 296 g/mol. The fraction of sp³-hybridized carbons (Fsp3) is 0.308. The van der Waals surface area contributed by atoms with Gasteiger partial charge in [-0.1, -0.05) is 18.5 Å². The molecule has 0 radical (unpaired) electrons. The van der Waals surface area contributed by atoms with Gasteiger partial charge in [0.15, 0.2) is 0 Å². The third-order valence-electron chi connectivity index (χ3n) is 2.53. The van der Waals surface area contributed by atoms with E-state index in [0.29, 0.717) is 22.9 Å². The van der Waals surface area contributed by atoms with Crippen molar-refractivity contribution in [1.82, 2.24) is 15.3 Å². The van der Waals surface area contributed by atoms with E-state index in [1.54, 1.807) is 12.3 Å². The van der Waals surface area contributed by atoms with Crippen LogP contribution in [0.1, 0.15) is 28.7 Å². The third kappa shape index (κ3) is 3.91. The maximum absolute atomic E-state index is 12.0. The summed E-state index contributed by atoms with van der Waals surface area (Å²) >= 11 is 7.59. The molecular formula is C13H15ClN4OS. The standard InChI is InChI=1S/C13H15ClN4OS/c1-2-3-16-12-10(14)6-9(7-17-12)13(19)18-8-11-15-4-5-20-11/h4-7H,2-3,8H2,1H3,(H,16,17)(H,18,19). The van der Waals surface area contributed by atoms with Gasteiger partial charge >= 0.3 is 0 Å². The fourth-order valence-electron chi connectivity index (χ4n) is 1.53. The van der Waals surface area contributed by atoms with Crippen LogP contribution in [0.2, 0.25) is 5.02 Å². The van der Waals surface area contributed by atoms with Gasteiger partial charge in [0.2, 0.25) is 0 Å². The van der Waals surface area contributed by atoms with E-state index in [9.17, 15) is 4.79 Å². The van der Waals surface area contributed by atoms with Gasteiger partial charge in [-0.25, -0.2) is 9.97 Å². The van der Waals surface area contributed by atoms with Crippen LogP contribution in [-0.4, -0.2) is 22.4 Å². The van der Waals surface area contributed by atoms with Crippen LogP contribution in [-0.2, 0) is 6.54 Å². The Hall–Kier alpha value is -1.66. The minimum Gasteiger partial charge on any atom is -0.369 e. The maximum Gasteiger partial charge on any atom is 0.253 e. The molecule has 0 aliphatic carbocycles. The van der Waals surface area contributed by atoms with E-state index >= 15 is 0 Å². The highest BCUT2D eigenvalue weighted by Gasteiger charge is 2.10. The molecule has 20 heavy (non-hydrogen) atoms. The Morgan fingerprint density at radius 1 is 1.45 bits per heavy atom. The Bertz CT molecular complexity index is 574. The van der Waals surface area contributed by atoms with Crippen molar-refractivity contribution in [3.8, 4) is 0 Å². The van der Waals surface area contributed by atoms with Crippen LogP contribution >= 0.6 is 22.9 Å². The van der Waals surface area contributed by atoms with Crippen molar-refractivity contribution in [3.63, 3.8) is 0 Å². The summed E-state index contributed by atoms with van der Waals surface area (Å²) in [6.45, 7) is 3.26. The van der Waals surface area contributed by atoms with E-state index in [2.05, 4.69) is 27.5 Å². The molecule has 2 aromatic heterocycles. The molecule has 7 heteroatoms. The molecule has 0 spiro atoms. The van der Waals surface area contributed by atoms with Gasteiger partial charge in [0, 0.05) is 24.3 Å². The van der Waals surface area contributed by atoms with Crippen LogP contribution in [0.5, 0.6) is 0 Å². The van der Waals surface area contributed by atoms with Gasteiger partial charge in [-0.3, -0.25) is 4.79 Å². The zero-order valence-electron chi connectivity index (χ0n) is 11.0. The Kier molecular flexibility index (Phi) is 5.31. The molecule has 5 nitrogen and oxygen atoms in total. The normalized spacial score (nSPS) is 10.3. The van der Waals surface area contributed by atoms with Crippen molar-refractivity contribution in [3.05, 3.63) is 39.4 Å². The van der Waals surface area contributed by atoms with Gasteiger partial charge in [0.05, 0.1) is 17.1 Å². The molecule has 2 aromatic rings. The second kappa shape index (κ2) is 7.21. The molecule has 106 valence electrons. The number of hydrogen-bond acceptors (Lipinski definition) is 5. The molecule has 0 atom stereocenters. The molecule has 0 aliphatic rings. The Morgan fingerprint density at radius 3 is 2.95 bits per heavy atom. The van der Waals surface area contributed by atoms with Gasteiger partial charge in [0.25, 0.3) is 5.91 Å². The molecule has 0 fully saturated rings. The van der Waals surface area contributed by atoms with E-state index in [-0.39, 0.29) is 5.91 Å². The minimum absolute atomic E-state index is 0.211. The molecule has 2 rings (SSSR count). The lowest BCUT2D eigenvalue weighted by Crippen LogP contribution is -2.23. The SMILES string of the molecule is CCCNc1ncc(C(=O)NCc2nccs2)cc1Cl. The number of carbonyl (C=O) groups excluding carboxylic acids is 1. The van der Waals surface area contributed by atoms with Gasteiger partial charge in [-0.05, 0) is 12.5 Å². The van der Waals surface area contributed by atoms with E-state index in [1.165, 1.54) is 17.5 Å². The number of carbonyl (C=O) groups is 1.